The van der Waals surface area contributed by atoms with Gasteiger partial charge in [-0.1, -0.05) is 12.1 Å². The maximum Gasteiger partial charge on any atom is 0.0886 e. The van der Waals surface area contributed by atoms with Crippen LogP contribution in [0.5, 0.6) is 0 Å². The van der Waals surface area contributed by atoms with Crippen molar-refractivity contribution in [3.63, 3.8) is 0 Å². The Balaban J connectivity index is 0.000000183. The summed E-state index contributed by atoms with van der Waals surface area (Å²) in [6, 6.07) is 28.0. The summed E-state index contributed by atoms with van der Waals surface area (Å²) in [5.41, 5.74) is 9.69. The Morgan fingerprint density at radius 1 is 0.432 bits per heavy atom. The SMILES string of the molecule is C1=Cc2cc3ccc(cc4ccc(cc5nc(cc1n2)C=C5)[nH]4)[nH]3.[Zn].c1ccc(-c2ccccn2)nc1. The van der Waals surface area contributed by atoms with Crippen LogP contribution in [-0.2, 0) is 19.5 Å². The normalized spacial score (nSPS) is 11.4. The number of nitrogens with zero attached hydrogens (tertiary/aromatic N) is 4. The van der Waals surface area contributed by atoms with Crippen LogP contribution in [0.4, 0.5) is 0 Å². The van der Waals surface area contributed by atoms with Gasteiger partial charge in [0.15, 0.2) is 0 Å². The van der Waals surface area contributed by atoms with Gasteiger partial charge in [-0.15, -0.1) is 0 Å². The van der Waals surface area contributed by atoms with Crippen molar-refractivity contribution >= 4 is 46.4 Å². The summed E-state index contributed by atoms with van der Waals surface area (Å²) in [5.74, 6) is 0. The molecule has 174 valence electrons. The van der Waals surface area contributed by atoms with Crippen molar-refractivity contribution in [2.24, 2.45) is 0 Å². The summed E-state index contributed by atoms with van der Waals surface area (Å²) in [4.78, 5) is 24.4. The van der Waals surface area contributed by atoms with Gasteiger partial charge in [0.2, 0.25) is 0 Å². The average molecular weight is 532 g/mol. The quantitative estimate of drug-likeness (QED) is 0.228. The van der Waals surface area contributed by atoms with Crippen molar-refractivity contribution in [1.82, 2.24) is 29.9 Å². The Kier molecular flexibility index (Phi) is 7.24. The number of rotatable bonds is 1. The second-order valence-electron chi connectivity index (χ2n) is 8.34. The van der Waals surface area contributed by atoms with Crippen molar-refractivity contribution in [2.75, 3.05) is 0 Å². The van der Waals surface area contributed by atoms with E-state index in [0.29, 0.717) is 0 Å². The maximum atomic E-state index is 4.62. The van der Waals surface area contributed by atoms with Gasteiger partial charge in [-0.2, -0.15) is 0 Å². The molecule has 0 aliphatic carbocycles. The van der Waals surface area contributed by atoms with Gasteiger partial charge >= 0.3 is 0 Å². The topological polar surface area (TPSA) is 83.1 Å². The van der Waals surface area contributed by atoms with Crippen molar-refractivity contribution in [3.05, 3.63) is 120 Å². The molecule has 0 aromatic carbocycles. The van der Waals surface area contributed by atoms with Gasteiger partial charge in [-0.3, -0.25) is 9.97 Å². The van der Waals surface area contributed by atoms with Crippen LogP contribution < -0.4 is 0 Å². The monoisotopic (exact) mass is 530 g/mol. The predicted octanol–water partition coefficient (Wildman–Crippen LogP) is 6.80. The minimum Gasteiger partial charge on any atom is -0.355 e. The molecular formula is C30H22N6Zn. The molecule has 2 aliphatic heterocycles. The molecular weight excluding hydrogens is 510 g/mol. The van der Waals surface area contributed by atoms with Crippen LogP contribution in [0, 0.1) is 0 Å². The van der Waals surface area contributed by atoms with Crippen LogP contribution in [0.1, 0.15) is 22.8 Å². The Morgan fingerprint density at radius 3 is 1.24 bits per heavy atom. The molecule has 0 amide bonds. The van der Waals surface area contributed by atoms with Crippen molar-refractivity contribution < 1.29 is 19.5 Å². The van der Waals surface area contributed by atoms with Crippen molar-refractivity contribution in [3.8, 4) is 11.4 Å². The number of pyridine rings is 2. The van der Waals surface area contributed by atoms with Crippen LogP contribution in [-0.4, -0.2) is 29.9 Å². The minimum atomic E-state index is 0. The van der Waals surface area contributed by atoms with E-state index < -0.39 is 0 Å². The Hall–Kier alpha value is -4.48. The molecule has 8 bridgehead atoms. The first-order chi connectivity index (χ1) is 17.8. The number of aromatic amines is 2. The molecule has 2 N–H and O–H groups in total. The summed E-state index contributed by atoms with van der Waals surface area (Å²) >= 11 is 0. The van der Waals surface area contributed by atoms with E-state index in [0.717, 1.165) is 56.2 Å². The zero-order chi connectivity index (χ0) is 24.2. The first-order valence-electron chi connectivity index (χ1n) is 11.6. The molecule has 0 radical (unpaired) electrons. The molecule has 0 saturated carbocycles. The standard InChI is InChI=1S/C20H14N4.C10H8N2.Zn/c1-2-14-10-16-5-6-18(23-16)12-20-8-7-19(24-20)11-17-4-3-15(22-17)9-13(1)21-14;1-3-7-11-9(5-1)10-6-2-4-8-12-10;/h1-12,21-22H;1-8H;. The summed E-state index contributed by atoms with van der Waals surface area (Å²) in [6.07, 6.45) is 11.6. The first-order valence-corrected chi connectivity index (χ1v) is 11.6. The third-order valence-corrected chi connectivity index (χ3v) is 5.63. The molecule has 0 unspecified atom stereocenters. The van der Waals surface area contributed by atoms with Gasteiger partial charge in [-0.25, -0.2) is 9.97 Å². The van der Waals surface area contributed by atoms with Gasteiger partial charge in [-0.05, 0) is 97.1 Å². The van der Waals surface area contributed by atoms with E-state index in [9.17, 15) is 0 Å². The summed E-state index contributed by atoms with van der Waals surface area (Å²) in [6.45, 7) is 0. The first kappa shape index (κ1) is 24.2. The fourth-order valence-corrected chi connectivity index (χ4v) is 3.97. The number of aromatic nitrogens is 6. The Morgan fingerprint density at radius 2 is 0.838 bits per heavy atom. The van der Waals surface area contributed by atoms with Crippen LogP contribution in [0.2, 0.25) is 0 Å². The number of nitrogens with one attached hydrogen (secondary N) is 2. The van der Waals surface area contributed by atoms with Gasteiger partial charge < -0.3 is 9.97 Å². The number of hydrogen-bond acceptors (Lipinski definition) is 4. The van der Waals surface area contributed by atoms with Crippen LogP contribution in [0.15, 0.2) is 97.3 Å². The van der Waals surface area contributed by atoms with E-state index in [1.807, 2.05) is 78.9 Å². The molecule has 7 heterocycles. The molecule has 0 fully saturated rings. The molecule has 7 heteroatoms. The molecule has 2 aliphatic rings. The van der Waals surface area contributed by atoms with Gasteiger partial charge in [0.25, 0.3) is 0 Å². The number of fused-ring (bicyclic) bond motifs is 8. The molecule has 37 heavy (non-hydrogen) atoms. The molecule has 0 saturated heterocycles. The third kappa shape index (κ3) is 6.03. The predicted molar refractivity (Wildman–Crippen MR) is 146 cm³/mol. The largest absolute Gasteiger partial charge is 0.355 e. The third-order valence-electron chi connectivity index (χ3n) is 5.63. The van der Waals surface area contributed by atoms with Gasteiger partial charge in [0.05, 0.1) is 34.2 Å². The Bertz CT molecular complexity index is 1610. The molecule has 7 rings (SSSR count). The summed E-state index contributed by atoms with van der Waals surface area (Å²) < 4.78 is 0. The molecule has 5 aromatic rings. The van der Waals surface area contributed by atoms with E-state index in [4.69, 9.17) is 0 Å². The number of hydrogen-bond donors (Lipinski definition) is 2. The molecule has 0 spiro atoms. The fraction of sp³-hybridized carbons (Fsp3) is 0. The fourth-order valence-electron chi connectivity index (χ4n) is 3.97. The van der Waals surface area contributed by atoms with E-state index in [2.05, 4.69) is 60.2 Å². The van der Waals surface area contributed by atoms with Crippen molar-refractivity contribution in [2.45, 2.75) is 0 Å². The van der Waals surface area contributed by atoms with Crippen molar-refractivity contribution in [1.29, 1.82) is 0 Å². The minimum absolute atomic E-state index is 0. The van der Waals surface area contributed by atoms with Gasteiger partial charge in [0, 0.05) is 53.9 Å². The van der Waals surface area contributed by atoms with E-state index in [-0.39, 0.29) is 19.5 Å². The van der Waals surface area contributed by atoms with E-state index in [1.165, 1.54) is 0 Å². The van der Waals surface area contributed by atoms with Crippen LogP contribution >= 0.6 is 0 Å². The molecule has 5 aromatic heterocycles. The second kappa shape index (κ2) is 11.1. The average Bonchev–Trinajstić information content (AvgIpc) is 3.72. The number of H-pyrrole nitrogens is 2. The van der Waals surface area contributed by atoms with E-state index >= 15 is 0 Å². The zero-order valence-electron chi connectivity index (χ0n) is 20.0. The smallest absolute Gasteiger partial charge is 0.0886 e. The second-order valence-corrected chi connectivity index (χ2v) is 8.34. The Labute approximate surface area is 226 Å². The van der Waals surface area contributed by atoms with E-state index in [1.54, 1.807) is 12.4 Å². The van der Waals surface area contributed by atoms with Crippen LogP contribution in [0.25, 0.3) is 57.8 Å². The maximum absolute atomic E-state index is 4.62. The summed E-state index contributed by atoms with van der Waals surface area (Å²) in [5, 5.41) is 0. The molecule has 0 atom stereocenters. The van der Waals surface area contributed by atoms with Crippen LogP contribution in [0.3, 0.4) is 0 Å². The molecule has 6 nitrogen and oxygen atoms in total. The zero-order valence-corrected chi connectivity index (χ0v) is 23.0. The summed E-state index contributed by atoms with van der Waals surface area (Å²) in [7, 11) is 0. The van der Waals surface area contributed by atoms with Gasteiger partial charge in [0.1, 0.15) is 0 Å².